The van der Waals surface area contributed by atoms with Crippen molar-refractivity contribution in [3.05, 3.63) is 35.9 Å². The maximum absolute atomic E-state index is 9.10. The molecule has 0 aliphatic carbocycles. The molecule has 5 nitrogen and oxygen atoms in total. The second-order valence-corrected chi connectivity index (χ2v) is 8.71. The smallest absolute Gasteiger partial charge is 0.414 e. The second-order valence-electron chi connectivity index (χ2n) is 5.79. The van der Waals surface area contributed by atoms with Gasteiger partial charge in [0.1, 0.15) is 0 Å². The molecule has 27 heavy (non-hydrogen) atoms. The van der Waals surface area contributed by atoms with E-state index in [1.165, 1.54) is 36.3 Å². The average molecular weight is 410 g/mol. The van der Waals surface area contributed by atoms with Crippen molar-refractivity contribution in [2.45, 2.75) is 36.7 Å². The predicted molar refractivity (Wildman–Crippen MR) is 113 cm³/mol. The number of hydrogen-bond acceptors (Lipinski definition) is 5. The Bertz CT molecular complexity index is 595. The van der Waals surface area contributed by atoms with Crippen LogP contribution >= 0.6 is 23.5 Å². The number of thioether (sulfide) groups is 2. The quantitative estimate of drug-likeness (QED) is 0.362. The highest BCUT2D eigenvalue weighted by molar-refractivity contribution is 8.17. The highest BCUT2D eigenvalue weighted by atomic mass is 32.2. The minimum atomic E-state index is -1.82. The highest BCUT2D eigenvalue weighted by Gasteiger charge is 2.12. The fraction of sp³-hybridized carbons (Fsp3) is 0.500. The zero-order chi connectivity index (χ0) is 19.7. The van der Waals surface area contributed by atoms with Gasteiger partial charge < -0.3 is 15.5 Å². The topological polar surface area (TPSA) is 86.6 Å². The number of carbonyl (C=O) groups is 2. The summed E-state index contributed by atoms with van der Waals surface area (Å²) in [6.07, 6.45) is 6.01. The number of carboxylic acids is 2. The highest BCUT2D eigenvalue weighted by Crippen LogP contribution is 2.33. The molecule has 1 aliphatic heterocycles. The molecule has 1 aromatic carbocycles. The summed E-state index contributed by atoms with van der Waals surface area (Å²) < 4.78 is 0.798. The minimum absolute atomic E-state index is 0.798. The van der Waals surface area contributed by atoms with Crippen LogP contribution < -0.4 is 5.32 Å². The number of hydrogen-bond donors (Lipinski definition) is 3. The van der Waals surface area contributed by atoms with E-state index in [9.17, 15) is 0 Å². The first-order chi connectivity index (χ1) is 13.1. The summed E-state index contributed by atoms with van der Waals surface area (Å²) in [5.74, 6) is 5.58. The number of carboxylic acid groups (broad SMARTS) is 2. The molecule has 1 fully saturated rings. The molecule has 1 aliphatic rings. The van der Waals surface area contributed by atoms with Crippen LogP contribution in [0, 0.1) is 11.8 Å². The lowest BCUT2D eigenvalue weighted by molar-refractivity contribution is -0.159. The van der Waals surface area contributed by atoms with Crippen LogP contribution in [-0.4, -0.2) is 51.3 Å². The van der Waals surface area contributed by atoms with Crippen molar-refractivity contribution in [3.8, 4) is 11.8 Å². The fourth-order valence-corrected chi connectivity index (χ4v) is 5.12. The van der Waals surface area contributed by atoms with Crippen LogP contribution in [0.4, 0.5) is 0 Å². The minimum Gasteiger partial charge on any atom is -0.473 e. The van der Waals surface area contributed by atoms with Crippen LogP contribution in [0.25, 0.3) is 0 Å². The van der Waals surface area contributed by atoms with Crippen molar-refractivity contribution in [2.75, 3.05) is 24.6 Å². The average Bonchev–Trinajstić information content (AvgIpc) is 2.68. The second kappa shape index (κ2) is 15.4. The summed E-state index contributed by atoms with van der Waals surface area (Å²) in [5, 5.41) is 18.2. The maximum Gasteiger partial charge on any atom is 0.414 e. The van der Waals surface area contributed by atoms with Crippen LogP contribution in [0.3, 0.4) is 0 Å². The Kier molecular flexibility index (Phi) is 13.4. The molecule has 0 aromatic heterocycles. The lowest BCUT2D eigenvalue weighted by Crippen LogP contribution is -2.15. The molecule has 0 spiro atoms. The lowest BCUT2D eigenvalue weighted by Gasteiger charge is -2.19. The Hall–Kier alpha value is -1.62. The molecule has 1 aromatic rings. The molecule has 0 radical (unpaired) electrons. The summed E-state index contributed by atoms with van der Waals surface area (Å²) in [6.45, 7) is 1.89. The first kappa shape index (κ1) is 23.4. The van der Waals surface area contributed by atoms with E-state index in [1.807, 2.05) is 0 Å². The van der Waals surface area contributed by atoms with Gasteiger partial charge in [0.15, 0.2) is 0 Å². The van der Waals surface area contributed by atoms with Gasteiger partial charge in [-0.15, -0.1) is 29.4 Å². The Morgan fingerprint density at radius 3 is 2.37 bits per heavy atom. The van der Waals surface area contributed by atoms with Gasteiger partial charge in [0.25, 0.3) is 0 Å². The van der Waals surface area contributed by atoms with Gasteiger partial charge in [-0.3, -0.25) is 0 Å². The van der Waals surface area contributed by atoms with E-state index in [0.717, 1.165) is 30.5 Å². The van der Waals surface area contributed by atoms with Crippen molar-refractivity contribution >= 4 is 35.5 Å². The summed E-state index contributed by atoms with van der Waals surface area (Å²) in [4.78, 5) is 18.2. The summed E-state index contributed by atoms with van der Waals surface area (Å²) in [5.41, 5.74) is 1.42. The van der Waals surface area contributed by atoms with E-state index in [4.69, 9.17) is 19.8 Å². The van der Waals surface area contributed by atoms with Crippen LogP contribution in [0.2, 0.25) is 0 Å². The molecule has 1 heterocycles. The van der Waals surface area contributed by atoms with E-state index in [-0.39, 0.29) is 0 Å². The van der Waals surface area contributed by atoms with Gasteiger partial charge in [0, 0.05) is 6.42 Å². The van der Waals surface area contributed by atoms with Crippen molar-refractivity contribution in [2.24, 2.45) is 0 Å². The molecular formula is C20H27NO4S2. The number of benzene rings is 1. The van der Waals surface area contributed by atoms with Gasteiger partial charge in [-0.05, 0) is 49.3 Å². The largest absolute Gasteiger partial charge is 0.473 e. The van der Waals surface area contributed by atoms with Crippen molar-refractivity contribution in [1.29, 1.82) is 0 Å². The van der Waals surface area contributed by atoms with E-state index in [0.29, 0.717) is 0 Å². The third kappa shape index (κ3) is 13.2. The van der Waals surface area contributed by atoms with Gasteiger partial charge in [-0.1, -0.05) is 36.3 Å². The fourth-order valence-electron chi connectivity index (χ4n) is 2.26. The molecule has 0 atom stereocenters. The van der Waals surface area contributed by atoms with E-state index < -0.39 is 11.9 Å². The van der Waals surface area contributed by atoms with Gasteiger partial charge in [0.05, 0.1) is 11.1 Å². The third-order valence-electron chi connectivity index (χ3n) is 3.58. The maximum atomic E-state index is 9.10. The molecule has 0 amide bonds. The standard InChI is InChI=1S/C18H25NS2.C2H2O4/c1-3-9-17(10-4-1)11-7-14-19-13-6-2-5-12-18-20-15-8-16-21-18;3-1(4)2(5)6/h1,3-4,9-10,18-19H,5,7-8,11-16H2;(H,3,4)(H,5,6). The van der Waals surface area contributed by atoms with Gasteiger partial charge in [0.2, 0.25) is 0 Å². The van der Waals surface area contributed by atoms with E-state index >= 15 is 0 Å². The molecule has 0 saturated carbocycles. The molecule has 2 rings (SSSR count). The number of nitrogens with one attached hydrogen (secondary N) is 1. The van der Waals surface area contributed by atoms with Crippen molar-refractivity contribution < 1.29 is 19.8 Å². The summed E-state index contributed by atoms with van der Waals surface area (Å²) in [7, 11) is 0. The van der Waals surface area contributed by atoms with Crippen LogP contribution in [0.5, 0.6) is 0 Å². The van der Waals surface area contributed by atoms with Crippen LogP contribution in [-0.2, 0) is 16.0 Å². The molecule has 1 saturated heterocycles. The zero-order valence-electron chi connectivity index (χ0n) is 15.4. The van der Waals surface area contributed by atoms with Crippen LogP contribution in [0.1, 0.15) is 31.2 Å². The Labute approximate surface area is 169 Å². The van der Waals surface area contributed by atoms with Crippen molar-refractivity contribution in [1.82, 2.24) is 5.32 Å². The SMILES string of the molecule is C(#CCNCCCc1ccccc1)CCC1SCCCS1.O=C(O)C(=O)O. The third-order valence-corrected chi connectivity index (χ3v) is 6.66. The predicted octanol–water partition coefficient (Wildman–Crippen LogP) is 3.34. The van der Waals surface area contributed by atoms with Gasteiger partial charge in [-0.2, -0.15) is 0 Å². The van der Waals surface area contributed by atoms with Gasteiger partial charge >= 0.3 is 11.9 Å². The normalized spacial score (nSPS) is 13.6. The monoisotopic (exact) mass is 409 g/mol. The number of aliphatic carboxylic acids is 2. The molecule has 148 valence electrons. The van der Waals surface area contributed by atoms with E-state index in [1.54, 1.807) is 0 Å². The van der Waals surface area contributed by atoms with E-state index in [2.05, 4.69) is 71.0 Å². The summed E-state index contributed by atoms with van der Waals surface area (Å²) >= 11 is 4.23. The number of rotatable bonds is 7. The Morgan fingerprint density at radius 1 is 1.07 bits per heavy atom. The van der Waals surface area contributed by atoms with Crippen molar-refractivity contribution in [3.63, 3.8) is 0 Å². The lowest BCUT2D eigenvalue weighted by atomic mass is 10.1. The first-order valence-electron chi connectivity index (χ1n) is 8.99. The first-order valence-corrected chi connectivity index (χ1v) is 11.1. The molecule has 0 unspecified atom stereocenters. The Balaban J connectivity index is 0.000000527. The molecule has 3 N–H and O–H groups in total. The Morgan fingerprint density at radius 2 is 1.74 bits per heavy atom. The molecular weight excluding hydrogens is 382 g/mol. The molecule has 0 bridgehead atoms. The van der Waals surface area contributed by atoms with Gasteiger partial charge in [-0.25, -0.2) is 9.59 Å². The number of aryl methyl sites for hydroxylation is 1. The summed E-state index contributed by atoms with van der Waals surface area (Å²) in [6, 6.07) is 10.7. The van der Waals surface area contributed by atoms with Crippen LogP contribution in [0.15, 0.2) is 30.3 Å². The zero-order valence-corrected chi connectivity index (χ0v) is 17.0. The molecule has 7 heteroatoms.